The zero-order valence-electron chi connectivity index (χ0n) is 15.5. The molecule has 1 N–H and O–H groups in total. The minimum absolute atomic E-state index is 0.119. The Morgan fingerprint density at radius 2 is 1.86 bits per heavy atom. The SMILES string of the molecule is CCC(C(=O)NC)N(Cc1ccc(Cl)cc1Cl)C(=O)COc1ccc(F)cc1. The van der Waals surface area contributed by atoms with Crippen molar-refractivity contribution in [3.05, 3.63) is 63.9 Å². The van der Waals surface area contributed by atoms with Crippen LogP contribution in [0.4, 0.5) is 4.39 Å². The first-order valence-electron chi connectivity index (χ1n) is 8.69. The van der Waals surface area contributed by atoms with Gasteiger partial charge in [0.15, 0.2) is 6.61 Å². The molecule has 0 radical (unpaired) electrons. The lowest BCUT2D eigenvalue weighted by Crippen LogP contribution is -2.49. The Bertz CT molecular complexity index is 831. The van der Waals surface area contributed by atoms with Gasteiger partial charge in [0, 0.05) is 23.6 Å². The summed E-state index contributed by atoms with van der Waals surface area (Å²) < 4.78 is 18.5. The summed E-state index contributed by atoms with van der Waals surface area (Å²) >= 11 is 12.2. The number of nitrogens with one attached hydrogen (secondary N) is 1. The highest BCUT2D eigenvalue weighted by atomic mass is 35.5. The Kier molecular flexibility index (Phi) is 8.08. The quantitative estimate of drug-likeness (QED) is 0.691. The van der Waals surface area contributed by atoms with Crippen LogP contribution in [-0.2, 0) is 16.1 Å². The molecule has 0 aromatic heterocycles. The maximum Gasteiger partial charge on any atom is 0.261 e. The van der Waals surface area contributed by atoms with Crippen molar-refractivity contribution in [2.75, 3.05) is 13.7 Å². The molecule has 0 heterocycles. The smallest absolute Gasteiger partial charge is 0.261 e. The van der Waals surface area contributed by atoms with E-state index in [4.69, 9.17) is 27.9 Å². The van der Waals surface area contributed by atoms with Gasteiger partial charge in [-0.2, -0.15) is 0 Å². The average molecular weight is 427 g/mol. The predicted molar refractivity (Wildman–Crippen MR) is 107 cm³/mol. The van der Waals surface area contributed by atoms with E-state index in [1.165, 1.54) is 36.2 Å². The highest BCUT2D eigenvalue weighted by Crippen LogP contribution is 2.24. The molecule has 0 aliphatic heterocycles. The van der Waals surface area contributed by atoms with Crippen LogP contribution in [0.15, 0.2) is 42.5 Å². The Morgan fingerprint density at radius 3 is 2.43 bits per heavy atom. The lowest BCUT2D eigenvalue weighted by molar-refractivity contribution is -0.142. The molecule has 8 heteroatoms. The predicted octanol–water partition coefficient (Wildman–Crippen LogP) is 4.06. The van der Waals surface area contributed by atoms with E-state index in [1.54, 1.807) is 18.2 Å². The van der Waals surface area contributed by atoms with Crippen LogP contribution < -0.4 is 10.1 Å². The minimum atomic E-state index is -0.693. The summed E-state index contributed by atoms with van der Waals surface area (Å²) in [7, 11) is 1.51. The van der Waals surface area contributed by atoms with Gasteiger partial charge in [0.25, 0.3) is 5.91 Å². The Morgan fingerprint density at radius 1 is 1.18 bits per heavy atom. The van der Waals surface area contributed by atoms with Gasteiger partial charge in [0.2, 0.25) is 5.91 Å². The fourth-order valence-electron chi connectivity index (χ4n) is 2.68. The molecular weight excluding hydrogens is 406 g/mol. The molecule has 28 heavy (non-hydrogen) atoms. The van der Waals surface area contributed by atoms with E-state index >= 15 is 0 Å². The molecule has 1 unspecified atom stereocenters. The molecule has 2 aromatic rings. The molecule has 0 aliphatic rings. The van der Waals surface area contributed by atoms with Gasteiger partial charge in [0.05, 0.1) is 0 Å². The van der Waals surface area contributed by atoms with Crippen molar-refractivity contribution >= 4 is 35.0 Å². The number of amides is 2. The van der Waals surface area contributed by atoms with Crippen molar-refractivity contribution in [1.82, 2.24) is 10.2 Å². The molecule has 1 atom stereocenters. The minimum Gasteiger partial charge on any atom is -0.484 e. The Balaban J connectivity index is 2.21. The second kappa shape index (κ2) is 10.3. The van der Waals surface area contributed by atoms with Gasteiger partial charge in [-0.05, 0) is 48.4 Å². The van der Waals surface area contributed by atoms with E-state index in [2.05, 4.69) is 5.32 Å². The monoisotopic (exact) mass is 426 g/mol. The van der Waals surface area contributed by atoms with Crippen LogP contribution in [0.5, 0.6) is 5.75 Å². The third-order valence-electron chi connectivity index (χ3n) is 4.16. The van der Waals surface area contributed by atoms with E-state index < -0.39 is 17.8 Å². The first-order valence-corrected chi connectivity index (χ1v) is 9.44. The number of hydrogen-bond donors (Lipinski definition) is 1. The van der Waals surface area contributed by atoms with Crippen LogP contribution in [-0.4, -0.2) is 36.4 Å². The Labute approximate surface area is 173 Å². The number of carbonyl (C=O) groups is 2. The van der Waals surface area contributed by atoms with Crippen molar-refractivity contribution in [1.29, 1.82) is 0 Å². The maximum absolute atomic E-state index is 13.0. The summed E-state index contributed by atoms with van der Waals surface area (Å²) in [6.45, 7) is 1.63. The van der Waals surface area contributed by atoms with Gasteiger partial charge in [-0.25, -0.2) is 4.39 Å². The fourth-order valence-corrected chi connectivity index (χ4v) is 3.15. The van der Waals surface area contributed by atoms with Gasteiger partial charge in [-0.15, -0.1) is 0 Å². The van der Waals surface area contributed by atoms with Crippen LogP contribution >= 0.6 is 23.2 Å². The molecule has 0 fully saturated rings. The number of rotatable bonds is 8. The highest BCUT2D eigenvalue weighted by Gasteiger charge is 2.28. The van der Waals surface area contributed by atoms with Crippen molar-refractivity contribution < 1.29 is 18.7 Å². The normalized spacial score (nSPS) is 11.6. The number of hydrogen-bond acceptors (Lipinski definition) is 3. The summed E-state index contributed by atoms with van der Waals surface area (Å²) in [6.07, 6.45) is 0.410. The van der Waals surface area contributed by atoms with E-state index in [9.17, 15) is 14.0 Å². The second-order valence-corrected chi connectivity index (χ2v) is 6.88. The summed E-state index contributed by atoms with van der Waals surface area (Å²) in [5.74, 6) is -0.732. The van der Waals surface area contributed by atoms with Gasteiger partial charge < -0.3 is 15.0 Å². The number of carbonyl (C=O) groups excluding carboxylic acids is 2. The molecule has 150 valence electrons. The molecule has 0 saturated heterocycles. The lowest BCUT2D eigenvalue weighted by Gasteiger charge is -2.30. The molecule has 2 aromatic carbocycles. The first-order chi connectivity index (χ1) is 13.3. The van der Waals surface area contributed by atoms with Crippen molar-refractivity contribution in [3.8, 4) is 5.75 Å². The van der Waals surface area contributed by atoms with Crippen LogP contribution in [0, 0.1) is 5.82 Å². The van der Waals surface area contributed by atoms with Gasteiger partial charge in [-0.3, -0.25) is 9.59 Å². The van der Waals surface area contributed by atoms with Crippen LogP contribution in [0.3, 0.4) is 0 Å². The molecular formula is C20H21Cl2FN2O3. The average Bonchev–Trinajstić information content (AvgIpc) is 2.68. The number of ether oxygens (including phenoxy) is 1. The number of halogens is 3. The van der Waals surface area contributed by atoms with Crippen molar-refractivity contribution in [2.45, 2.75) is 25.9 Å². The molecule has 0 aliphatic carbocycles. The highest BCUT2D eigenvalue weighted by molar-refractivity contribution is 6.35. The lowest BCUT2D eigenvalue weighted by atomic mass is 10.1. The largest absolute Gasteiger partial charge is 0.484 e. The number of nitrogens with zero attached hydrogens (tertiary/aromatic N) is 1. The van der Waals surface area contributed by atoms with E-state index in [1.807, 2.05) is 6.92 Å². The molecule has 5 nitrogen and oxygen atoms in total. The van der Waals surface area contributed by atoms with E-state index in [0.29, 0.717) is 27.8 Å². The van der Waals surface area contributed by atoms with Gasteiger partial charge >= 0.3 is 0 Å². The van der Waals surface area contributed by atoms with Crippen molar-refractivity contribution in [2.24, 2.45) is 0 Å². The summed E-state index contributed by atoms with van der Waals surface area (Å²) in [6, 6.07) is 9.61. The van der Waals surface area contributed by atoms with Crippen LogP contribution in [0.1, 0.15) is 18.9 Å². The van der Waals surface area contributed by atoms with Gasteiger partial charge in [-0.1, -0.05) is 36.2 Å². The second-order valence-electron chi connectivity index (χ2n) is 6.04. The summed E-state index contributed by atoms with van der Waals surface area (Å²) in [5.41, 5.74) is 0.656. The maximum atomic E-state index is 13.0. The molecule has 0 bridgehead atoms. The zero-order chi connectivity index (χ0) is 20.7. The first kappa shape index (κ1) is 22.0. The third-order valence-corrected chi connectivity index (χ3v) is 4.75. The fraction of sp³-hybridized carbons (Fsp3) is 0.300. The molecule has 2 amide bonds. The van der Waals surface area contributed by atoms with Gasteiger partial charge in [0.1, 0.15) is 17.6 Å². The van der Waals surface area contributed by atoms with Crippen LogP contribution in [0.2, 0.25) is 10.0 Å². The summed E-state index contributed by atoms with van der Waals surface area (Å²) in [4.78, 5) is 26.6. The van der Waals surface area contributed by atoms with Crippen molar-refractivity contribution in [3.63, 3.8) is 0 Å². The molecule has 0 saturated carbocycles. The summed E-state index contributed by atoms with van der Waals surface area (Å²) in [5, 5.41) is 3.45. The standard InChI is InChI=1S/C20H21Cl2FN2O3/c1-3-18(20(27)24-2)25(11-13-4-5-14(21)10-17(13)22)19(26)12-28-16-8-6-15(23)7-9-16/h4-10,18H,3,11-12H2,1-2H3,(H,24,27). The number of likely N-dealkylation sites (N-methyl/N-ethyl adjacent to an activating group) is 1. The zero-order valence-corrected chi connectivity index (χ0v) is 17.1. The van der Waals surface area contributed by atoms with Crippen LogP contribution in [0.25, 0.3) is 0 Å². The third kappa shape index (κ3) is 5.84. The number of benzene rings is 2. The topological polar surface area (TPSA) is 58.6 Å². The Hall–Kier alpha value is -2.31. The van der Waals surface area contributed by atoms with E-state index in [-0.39, 0.29) is 19.1 Å². The molecule has 0 spiro atoms. The van der Waals surface area contributed by atoms with E-state index in [0.717, 1.165) is 0 Å². The molecule has 2 rings (SSSR count).